The van der Waals surface area contributed by atoms with Gasteiger partial charge in [-0.1, -0.05) is 13.0 Å². The van der Waals surface area contributed by atoms with Gasteiger partial charge >= 0.3 is 0 Å². The van der Waals surface area contributed by atoms with Crippen LogP contribution in [0.4, 0.5) is 0 Å². The lowest BCUT2D eigenvalue weighted by Crippen LogP contribution is -2.04. The topological polar surface area (TPSA) is 35.2 Å². The average Bonchev–Trinajstić information content (AvgIpc) is 2.18. The molecule has 0 spiro atoms. The molecular formula is C11H16BrNO. The number of benzene rings is 1. The van der Waals surface area contributed by atoms with E-state index >= 15 is 0 Å². The first kappa shape index (κ1) is 11.5. The Hall–Kier alpha value is -0.540. The van der Waals surface area contributed by atoms with Crippen molar-refractivity contribution in [2.45, 2.75) is 19.3 Å². The smallest absolute Gasteiger partial charge is 0.133 e. The summed E-state index contributed by atoms with van der Waals surface area (Å²) in [6, 6.07) is 6.16. The zero-order valence-electron chi connectivity index (χ0n) is 8.59. The van der Waals surface area contributed by atoms with Gasteiger partial charge in [0.15, 0.2) is 0 Å². The molecule has 0 aliphatic carbocycles. The van der Waals surface area contributed by atoms with Crippen molar-refractivity contribution < 1.29 is 4.74 Å². The van der Waals surface area contributed by atoms with Crippen LogP contribution in [0.15, 0.2) is 22.7 Å². The predicted molar refractivity (Wildman–Crippen MR) is 62.8 cm³/mol. The Morgan fingerprint density at radius 3 is 2.71 bits per heavy atom. The molecule has 1 aromatic carbocycles. The summed E-state index contributed by atoms with van der Waals surface area (Å²) >= 11 is 3.47. The predicted octanol–water partition coefficient (Wildman–Crippen LogP) is 2.91. The van der Waals surface area contributed by atoms with Crippen molar-refractivity contribution in [2.24, 2.45) is 5.73 Å². The largest absolute Gasteiger partial charge is 0.496 e. The van der Waals surface area contributed by atoms with Gasteiger partial charge in [0, 0.05) is 0 Å². The second kappa shape index (κ2) is 5.37. The van der Waals surface area contributed by atoms with Crippen LogP contribution in [0.3, 0.4) is 0 Å². The lowest BCUT2D eigenvalue weighted by atomic mass is 9.98. The molecule has 0 saturated heterocycles. The summed E-state index contributed by atoms with van der Waals surface area (Å²) in [6.45, 7) is 2.91. The van der Waals surface area contributed by atoms with Crippen molar-refractivity contribution >= 4 is 15.9 Å². The van der Waals surface area contributed by atoms with Crippen molar-refractivity contribution in [2.75, 3.05) is 13.7 Å². The molecule has 1 aromatic rings. The summed E-state index contributed by atoms with van der Waals surface area (Å²) in [5.74, 6) is 1.37. The maximum atomic E-state index is 5.52. The lowest BCUT2D eigenvalue weighted by molar-refractivity contribution is 0.412. The van der Waals surface area contributed by atoms with Crippen molar-refractivity contribution in [3.05, 3.63) is 28.2 Å². The first-order valence-electron chi connectivity index (χ1n) is 4.72. The first-order valence-corrected chi connectivity index (χ1v) is 5.51. The highest BCUT2D eigenvalue weighted by Gasteiger charge is 2.07. The van der Waals surface area contributed by atoms with Crippen LogP contribution in [0.5, 0.6) is 5.75 Å². The fraction of sp³-hybridized carbons (Fsp3) is 0.455. The average molecular weight is 258 g/mol. The van der Waals surface area contributed by atoms with Gasteiger partial charge in [0.05, 0.1) is 11.6 Å². The molecule has 0 radical (unpaired) electrons. The molecule has 2 nitrogen and oxygen atoms in total. The van der Waals surface area contributed by atoms with E-state index in [0.717, 1.165) is 23.2 Å². The maximum Gasteiger partial charge on any atom is 0.133 e. The Labute approximate surface area is 93.6 Å². The van der Waals surface area contributed by atoms with Gasteiger partial charge in [-0.05, 0) is 52.5 Å². The standard InChI is InChI=1S/C11H16BrNO/c1-8(5-6-13)9-3-4-11(14-2)10(12)7-9/h3-4,7-8H,5-6,13H2,1-2H3. The fourth-order valence-corrected chi connectivity index (χ4v) is 1.96. The Morgan fingerprint density at radius 1 is 1.50 bits per heavy atom. The number of hydrogen-bond acceptors (Lipinski definition) is 2. The molecule has 0 amide bonds. The second-order valence-corrected chi connectivity index (χ2v) is 4.23. The normalized spacial score (nSPS) is 12.6. The number of ether oxygens (including phenoxy) is 1. The Kier molecular flexibility index (Phi) is 4.42. The van der Waals surface area contributed by atoms with E-state index in [1.807, 2.05) is 6.07 Å². The maximum absolute atomic E-state index is 5.52. The van der Waals surface area contributed by atoms with Crippen LogP contribution >= 0.6 is 15.9 Å². The van der Waals surface area contributed by atoms with Crippen molar-refractivity contribution in [1.82, 2.24) is 0 Å². The van der Waals surface area contributed by atoms with E-state index in [1.165, 1.54) is 5.56 Å². The number of halogens is 1. The zero-order valence-corrected chi connectivity index (χ0v) is 10.2. The Morgan fingerprint density at radius 2 is 2.21 bits per heavy atom. The third-order valence-electron chi connectivity index (χ3n) is 2.34. The monoisotopic (exact) mass is 257 g/mol. The highest BCUT2D eigenvalue weighted by atomic mass is 79.9. The van der Waals surface area contributed by atoms with Gasteiger partial charge in [0.1, 0.15) is 5.75 Å². The van der Waals surface area contributed by atoms with Gasteiger partial charge in [-0.15, -0.1) is 0 Å². The number of rotatable bonds is 4. The molecule has 14 heavy (non-hydrogen) atoms. The molecule has 0 saturated carbocycles. The van der Waals surface area contributed by atoms with E-state index in [9.17, 15) is 0 Å². The van der Waals surface area contributed by atoms with E-state index in [0.29, 0.717) is 5.92 Å². The molecule has 0 fully saturated rings. The van der Waals surface area contributed by atoms with Crippen molar-refractivity contribution in [3.63, 3.8) is 0 Å². The van der Waals surface area contributed by atoms with Crippen molar-refractivity contribution in [3.8, 4) is 5.75 Å². The molecule has 1 rings (SSSR count). The van der Waals surface area contributed by atoms with Gasteiger partial charge in [-0.2, -0.15) is 0 Å². The van der Waals surface area contributed by atoms with Gasteiger partial charge < -0.3 is 10.5 Å². The third-order valence-corrected chi connectivity index (χ3v) is 2.96. The van der Waals surface area contributed by atoms with Crippen LogP contribution in [0.1, 0.15) is 24.8 Å². The van der Waals surface area contributed by atoms with Gasteiger partial charge in [-0.3, -0.25) is 0 Å². The van der Waals surface area contributed by atoms with Crippen LogP contribution in [0.25, 0.3) is 0 Å². The minimum absolute atomic E-state index is 0.502. The van der Waals surface area contributed by atoms with E-state index in [1.54, 1.807) is 7.11 Å². The molecule has 1 atom stereocenters. The molecule has 2 N–H and O–H groups in total. The Bertz CT molecular complexity index is 301. The van der Waals surface area contributed by atoms with E-state index in [-0.39, 0.29) is 0 Å². The van der Waals surface area contributed by atoms with Gasteiger partial charge in [0.25, 0.3) is 0 Å². The number of nitrogens with two attached hydrogens (primary N) is 1. The van der Waals surface area contributed by atoms with Crippen LogP contribution in [-0.2, 0) is 0 Å². The van der Waals surface area contributed by atoms with Crippen LogP contribution in [0, 0.1) is 0 Å². The zero-order chi connectivity index (χ0) is 10.6. The quantitative estimate of drug-likeness (QED) is 0.901. The SMILES string of the molecule is COc1ccc(C(C)CCN)cc1Br. The minimum atomic E-state index is 0.502. The van der Waals surface area contributed by atoms with Crippen molar-refractivity contribution in [1.29, 1.82) is 0 Å². The summed E-state index contributed by atoms with van der Waals surface area (Å²) in [7, 11) is 1.67. The minimum Gasteiger partial charge on any atom is -0.496 e. The van der Waals surface area contributed by atoms with E-state index in [2.05, 4.69) is 35.0 Å². The lowest BCUT2D eigenvalue weighted by Gasteiger charge is -2.12. The summed E-state index contributed by atoms with van der Waals surface area (Å²) in [6.07, 6.45) is 1.01. The second-order valence-electron chi connectivity index (χ2n) is 3.37. The van der Waals surface area contributed by atoms with Crippen LogP contribution in [0.2, 0.25) is 0 Å². The molecule has 0 bridgehead atoms. The van der Waals surface area contributed by atoms with Gasteiger partial charge in [0.2, 0.25) is 0 Å². The third kappa shape index (κ3) is 2.72. The van der Waals surface area contributed by atoms with Crippen LogP contribution in [-0.4, -0.2) is 13.7 Å². The molecule has 78 valence electrons. The molecule has 0 aromatic heterocycles. The molecular weight excluding hydrogens is 242 g/mol. The first-order chi connectivity index (χ1) is 6.69. The molecule has 0 aliphatic heterocycles. The Balaban J connectivity index is 2.85. The summed E-state index contributed by atoms with van der Waals surface area (Å²) in [4.78, 5) is 0. The number of methoxy groups -OCH3 is 1. The number of hydrogen-bond donors (Lipinski definition) is 1. The summed E-state index contributed by atoms with van der Waals surface area (Å²) in [5, 5.41) is 0. The molecule has 1 unspecified atom stereocenters. The molecule has 3 heteroatoms. The van der Waals surface area contributed by atoms with E-state index < -0.39 is 0 Å². The highest BCUT2D eigenvalue weighted by Crippen LogP contribution is 2.29. The van der Waals surface area contributed by atoms with Crippen LogP contribution < -0.4 is 10.5 Å². The molecule has 0 heterocycles. The fourth-order valence-electron chi connectivity index (χ4n) is 1.41. The van der Waals surface area contributed by atoms with E-state index in [4.69, 9.17) is 10.5 Å². The highest BCUT2D eigenvalue weighted by molar-refractivity contribution is 9.10. The summed E-state index contributed by atoms with van der Waals surface area (Å²) < 4.78 is 6.17. The van der Waals surface area contributed by atoms with Gasteiger partial charge in [-0.25, -0.2) is 0 Å². The molecule has 0 aliphatic rings. The summed E-state index contributed by atoms with van der Waals surface area (Å²) in [5.41, 5.74) is 6.82.